The van der Waals surface area contributed by atoms with Gasteiger partial charge >= 0.3 is 0 Å². The van der Waals surface area contributed by atoms with Crippen LogP contribution in [0.1, 0.15) is 22.3 Å². The van der Waals surface area contributed by atoms with E-state index in [1.54, 1.807) is 0 Å². The first-order chi connectivity index (χ1) is 16.6. The van der Waals surface area contributed by atoms with Gasteiger partial charge in [0.15, 0.2) is 0 Å². The molecule has 0 radical (unpaired) electrons. The molecule has 1 N–H and O–H groups in total. The molecular weight excluding hydrogens is 420 g/mol. The molecule has 0 saturated heterocycles. The Morgan fingerprint density at radius 1 is 0.676 bits per heavy atom. The second-order valence-electron chi connectivity index (χ2n) is 8.20. The Hall–Kier alpha value is -4.87. The molecule has 5 nitrogen and oxygen atoms in total. The Bertz CT molecular complexity index is 1580. The molecular formula is C29H20N4O. The normalized spacial score (nSPS) is 10.6. The summed E-state index contributed by atoms with van der Waals surface area (Å²) in [5.74, 6) is 0. The molecule has 34 heavy (non-hydrogen) atoms. The van der Waals surface area contributed by atoms with E-state index < -0.39 is 0 Å². The van der Waals surface area contributed by atoms with Gasteiger partial charge in [0.25, 0.3) is 5.56 Å². The number of nitrogens with one attached hydrogen (secondary N) is 1. The third kappa shape index (κ3) is 4.11. The van der Waals surface area contributed by atoms with Crippen molar-refractivity contribution in [2.75, 3.05) is 4.90 Å². The number of nitrogens with zero attached hydrogens (tertiary/aromatic N) is 3. The lowest BCUT2D eigenvalue weighted by Gasteiger charge is -2.26. The molecule has 0 unspecified atom stereocenters. The van der Waals surface area contributed by atoms with Gasteiger partial charge in [-0.3, -0.25) is 4.79 Å². The van der Waals surface area contributed by atoms with E-state index in [2.05, 4.69) is 28.1 Å². The molecule has 0 bridgehead atoms. The van der Waals surface area contributed by atoms with Gasteiger partial charge in [-0.05, 0) is 65.0 Å². The number of hydrogen-bond acceptors (Lipinski definition) is 4. The summed E-state index contributed by atoms with van der Waals surface area (Å²) in [6, 6.07) is 33.2. The first kappa shape index (κ1) is 21.0. The van der Waals surface area contributed by atoms with E-state index in [9.17, 15) is 4.79 Å². The molecule has 0 aliphatic carbocycles. The second-order valence-corrected chi connectivity index (χ2v) is 8.20. The van der Waals surface area contributed by atoms with Crippen LogP contribution in [0, 0.1) is 22.7 Å². The van der Waals surface area contributed by atoms with Crippen molar-refractivity contribution in [2.24, 2.45) is 0 Å². The number of benzene rings is 4. The molecule has 1 heterocycles. The molecule has 0 spiro atoms. The molecule has 0 fully saturated rings. The third-order valence-electron chi connectivity index (χ3n) is 5.99. The van der Waals surface area contributed by atoms with Crippen molar-refractivity contribution in [3.8, 4) is 12.1 Å². The summed E-state index contributed by atoms with van der Waals surface area (Å²) in [7, 11) is 0. The van der Waals surface area contributed by atoms with E-state index in [1.165, 1.54) is 0 Å². The smallest absolute Gasteiger partial charge is 0.256 e. The van der Waals surface area contributed by atoms with Crippen molar-refractivity contribution in [1.29, 1.82) is 10.5 Å². The van der Waals surface area contributed by atoms with Crippen LogP contribution in [-0.4, -0.2) is 4.98 Å². The highest BCUT2D eigenvalue weighted by atomic mass is 16.1. The molecule has 1 aromatic heterocycles. The van der Waals surface area contributed by atoms with Crippen molar-refractivity contribution in [3.05, 3.63) is 124 Å². The monoisotopic (exact) mass is 440 g/mol. The average Bonchev–Trinajstić information content (AvgIpc) is 2.89. The predicted molar refractivity (Wildman–Crippen MR) is 134 cm³/mol. The van der Waals surface area contributed by atoms with Crippen LogP contribution in [0.15, 0.2) is 95.8 Å². The van der Waals surface area contributed by atoms with E-state index in [1.807, 2.05) is 84.9 Å². The molecule has 5 aromatic rings. The zero-order valence-corrected chi connectivity index (χ0v) is 18.3. The molecule has 162 valence electrons. The van der Waals surface area contributed by atoms with Crippen molar-refractivity contribution < 1.29 is 0 Å². The van der Waals surface area contributed by atoms with E-state index in [0.717, 1.165) is 33.1 Å². The minimum Gasteiger partial charge on any atom is -0.363 e. The van der Waals surface area contributed by atoms with Gasteiger partial charge in [0, 0.05) is 35.1 Å². The van der Waals surface area contributed by atoms with Gasteiger partial charge in [0.2, 0.25) is 0 Å². The highest BCUT2D eigenvalue weighted by Crippen LogP contribution is 2.28. The predicted octanol–water partition coefficient (Wildman–Crippen LogP) is 5.63. The first-order valence-corrected chi connectivity index (χ1v) is 10.9. The van der Waals surface area contributed by atoms with Crippen molar-refractivity contribution in [3.63, 3.8) is 0 Å². The summed E-state index contributed by atoms with van der Waals surface area (Å²) in [5.41, 5.74) is 5.13. The topological polar surface area (TPSA) is 83.7 Å². The Labute approximate surface area is 196 Å². The fraction of sp³-hybridized carbons (Fsp3) is 0.0690. The van der Waals surface area contributed by atoms with Gasteiger partial charge in [-0.25, -0.2) is 0 Å². The maximum atomic E-state index is 12.5. The fourth-order valence-electron chi connectivity index (χ4n) is 4.22. The van der Waals surface area contributed by atoms with Crippen molar-refractivity contribution >= 4 is 27.4 Å². The van der Waals surface area contributed by atoms with Gasteiger partial charge < -0.3 is 9.88 Å². The first-order valence-electron chi connectivity index (χ1n) is 10.9. The number of H-pyrrole nitrogens is 1. The quantitative estimate of drug-likeness (QED) is 0.359. The Balaban J connectivity index is 1.59. The number of nitriles is 2. The summed E-state index contributed by atoms with van der Waals surface area (Å²) in [6.45, 7) is 1.27. The summed E-state index contributed by atoms with van der Waals surface area (Å²) in [5, 5.41) is 20.8. The minimum atomic E-state index is -0.0946. The lowest BCUT2D eigenvalue weighted by Crippen LogP contribution is -2.22. The molecule has 5 rings (SSSR count). The number of anilines is 1. The van der Waals surface area contributed by atoms with E-state index in [4.69, 9.17) is 10.5 Å². The number of pyridine rings is 1. The Morgan fingerprint density at radius 3 is 1.79 bits per heavy atom. The number of rotatable bonds is 5. The minimum absolute atomic E-state index is 0.0946. The van der Waals surface area contributed by atoms with Crippen LogP contribution in [0.3, 0.4) is 0 Å². The van der Waals surface area contributed by atoms with E-state index in [0.29, 0.717) is 29.6 Å². The Morgan fingerprint density at radius 2 is 1.24 bits per heavy atom. The zero-order valence-electron chi connectivity index (χ0n) is 18.3. The second kappa shape index (κ2) is 8.94. The molecule has 0 aliphatic heterocycles. The molecule has 0 amide bonds. The SMILES string of the molecule is N#Cc1ccc(CN(Cc2ccc(C#N)cc2)c2ccc3[nH]c(=O)c4ccccc4c3c2)cc1. The van der Waals surface area contributed by atoms with Crippen molar-refractivity contribution in [2.45, 2.75) is 13.1 Å². The summed E-state index contributed by atoms with van der Waals surface area (Å²) < 4.78 is 0. The molecule has 0 atom stereocenters. The van der Waals surface area contributed by atoms with Crippen LogP contribution in [-0.2, 0) is 13.1 Å². The van der Waals surface area contributed by atoms with Crippen LogP contribution in [0.2, 0.25) is 0 Å². The highest BCUT2D eigenvalue weighted by Gasteiger charge is 2.12. The molecule has 0 saturated carbocycles. The Kier molecular flexibility index (Phi) is 5.52. The van der Waals surface area contributed by atoms with E-state index >= 15 is 0 Å². The van der Waals surface area contributed by atoms with E-state index in [-0.39, 0.29) is 5.56 Å². The number of hydrogen-bond donors (Lipinski definition) is 1. The van der Waals surface area contributed by atoms with Gasteiger partial charge in [-0.15, -0.1) is 0 Å². The number of aromatic nitrogens is 1. The van der Waals surface area contributed by atoms with Crippen molar-refractivity contribution in [1.82, 2.24) is 4.98 Å². The standard InChI is InChI=1S/C29H20N4O/c30-16-20-5-9-22(10-6-20)18-33(19-23-11-7-21(17-31)8-12-23)24-13-14-28-27(15-24)25-3-1-2-4-26(25)29(34)32-28/h1-15H,18-19H2,(H,32,34). The maximum Gasteiger partial charge on any atom is 0.256 e. The lowest BCUT2D eigenvalue weighted by atomic mass is 10.0. The van der Waals surface area contributed by atoms with Crippen LogP contribution < -0.4 is 10.5 Å². The van der Waals surface area contributed by atoms with Gasteiger partial charge in [0.05, 0.1) is 23.3 Å². The molecule has 5 heteroatoms. The van der Waals surface area contributed by atoms with Crippen LogP contribution in [0.5, 0.6) is 0 Å². The molecule has 4 aromatic carbocycles. The van der Waals surface area contributed by atoms with Crippen LogP contribution >= 0.6 is 0 Å². The number of aromatic amines is 1. The third-order valence-corrected chi connectivity index (χ3v) is 5.99. The fourth-order valence-corrected chi connectivity index (χ4v) is 4.22. The van der Waals surface area contributed by atoms with Gasteiger partial charge in [-0.2, -0.15) is 10.5 Å². The van der Waals surface area contributed by atoms with Gasteiger partial charge in [-0.1, -0.05) is 42.5 Å². The molecule has 0 aliphatic rings. The highest BCUT2D eigenvalue weighted by molar-refractivity contribution is 6.06. The summed E-state index contributed by atoms with van der Waals surface area (Å²) >= 11 is 0. The number of fused-ring (bicyclic) bond motifs is 3. The maximum absolute atomic E-state index is 12.5. The summed E-state index contributed by atoms with van der Waals surface area (Å²) in [6.07, 6.45) is 0. The van der Waals surface area contributed by atoms with Crippen LogP contribution in [0.4, 0.5) is 5.69 Å². The van der Waals surface area contributed by atoms with Crippen LogP contribution in [0.25, 0.3) is 21.7 Å². The summed E-state index contributed by atoms with van der Waals surface area (Å²) in [4.78, 5) is 17.7. The lowest BCUT2D eigenvalue weighted by molar-refractivity contribution is 0.800. The largest absolute Gasteiger partial charge is 0.363 e. The zero-order chi connectivity index (χ0) is 23.5. The van der Waals surface area contributed by atoms with Gasteiger partial charge in [0.1, 0.15) is 0 Å². The average molecular weight is 441 g/mol.